The van der Waals surface area contributed by atoms with Crippen LogP contribution in [0.1, 0.15) is 39.0 Å². The van der Waals surface area contributed by atoms with Crippen LogP contribution < -0.4 is 10.6 Å². The number of halogens is 1. The Labute approximate surface area is 171 Å². The molecule has 0 aromatic carbocycles. The SMILES string of the molecule is CN=C(NCCCOCCOC)NCC1(N(C)C)CCCC(C)C1.I. The van der Waals surface area contributed by atoms with Gasteiger partial charge in [-0.1, -0.05) is 19.8 Å². The van der Waals surface area contributed by atoms with Gasteiger partial charge in [-0.15, -0.1) is 24.0 Å². The fraction of sp³-hybridized carbons (Fsp3) is 0.944. The molecule has 0 aromatic rings. The van der Waals surface area contributed by atoms with Crippen molar-refractivity contribution in [2.75, 3.05) is 61.2 Å². The van der Waals surface area contributed by atoms with Gasteiger partial charge in [-0.25, -0.2) is 0 Å². The number of ether oxygens (including phenoxy) is 2. The third-order valence-corrected chi connectivity index (χ3v) is 5.01. The standard InChI is InChI=1S/C18H38N4O2.HI/c1-16-8-6-9-18(14-16,22(3)4)15-21-17(19-2)20-10-7-11-24-13-12-23-5;/h16H,6-15H2,1-5H3,(H2,19,20,21);1H. The van der Waals surface area contributed by atoms with E-state index in [9.17, 15) is 0 Å². The molecule has 1 saturated carbocycles. The minimum atomic E-state index is 0. The number of rotatable bonds is 10. The zero-order valence-corrected chi connectivity index (χ0v) is 19.1. The van der Waals surface area contributed by atoms with Crippen LogP contribution in [0.15, 0.2) is 4.99 Å². The van der Waals surface area contributed by atoms with Crippen molar-refractivity contribution in [1.29, 1.82) is 0 Å². The van der Waals surface area contributed by atoms with Gasteiger partial charge in [0, 0.05) is 39.4 Å². The summed E-state index contributed by atoms with van der Waals surface area (Å²) in [5.41, 5.74) is 0.235. The lowest BCUT2D eigenvalue weighted by molar-refractivity contribution is 0.0697. The Bertz CT molecular complexity index is 369. The van der Waals surface area contributed by atoms with Gasteiger partial charge in [0.05, 0.1) is 13.2 Å². The van der Waals surface area contributed by atoms with Gasteiger partial charge in [0.1, 0.15) is 0 Å². The van der Waals surface area contributed by atoms with Crippen molar-refractivity contribution in [3.05, 3.63) is 0 Å². The van der Waals surface area contributed by atoms with Crippen LogP contribution in [0.5, 0.6) is 0 Å². The second-order valence-electron chi connectivity index (χ2n) is 7.13. The summed E-state index contributed by atoms with van der Waals surface area (Å²) in [4.78, 5) is 6.74. The molecule has 0 amide bonds. The summed E-state index contributed by atoms with van der Waals surface area (Å²) in [6.07, 6.45) is 6.12. The highest BCUT2D eigenvalue weighted by atomic mass is 127. The minimum Gasteiger partial charge on any atom is -0.382 e. The van der Waals surface area contributed by atoms with E-state index in [2.05, 4.69) is 41.5 Å². The molecule has 7 heteroatoms. The van der Waals surface area contributed by atoms with Gasteiger partial charge in [0.25, 0.3) is 0 Å². The van der Waals surface area contributed by atoms with E-state index in [1.807, 2.05) is 7.05 Å². The molecule has 0 heterocycles. The van der Waals surface area contributed by atoms with Crippen LogP contribution in [0.3, 0.4) is 0 Å². The topological polar surface area (TPSA) is 58.1 Å². The first-order chi connectivity index (χ1) is 11.5. The number of hydrogen-bond acceptors (Lipinski definition) is 4. The van der Waals surface area contributed by atoms with E-state index >= 15 is 0 Å². The molecule has 0 bridgehead atoms. The van der Waals surface area contributed by atoms with Gasteiger partial charge < -0.3 is 25.0 Å². The molecule has 2 atom stereocenters. The first-order valence-electron chi connectivity index (χ1n) is 9.22. The molecular formula is C18H39IN4O2. The number of likely N-dealkylation sites (N-methyl/N-ethyl adjacent to an activating group) is 1. The summed E-state index contributed by atoms with van der Waals surface area (Å²) in [5.74, 6) is 1.67. The largest absolute Gasteiger partial charge is 0.382 e. The highest BCUT2D eigenvalue weighted by molar-refractivity contribution is 14.0. The number of methoxy groups -OCH3 is 1. The Morgan fingerprint density at radius 2 is 2.00 bits per heavy atom. The fourth-order valence-corrected chi connectivity index (χ4v) is 3.45. The van der Waals surface area contributed by atoms with Gasteiger partial charge in [-0.3, -0.25) is 4.99 Å². The molecule has 0 saturated heterocycles. The zero-order valence-electron chi connectivity index (χ0n) is 16.8. The van der Waals surface area contributed by atoms with Crippen molar-refractivity contribution in [3.8, 4) is 0 Å². The molecule has 1 aliphatic rings. The second-order valence-corrected chi connectivity index (χ2v) is 7.13. The highest BCUT2D eigenvalue weighted by Gasteiger charge is 2.36. The van der Waals surface area contributed by atoms with Crippen LogP contribution in [0.4, 0.5) is 0 Å². The van der Waals surface area contributed by atoms with E-state index in [1.165, 1.54) is 25.7 Å². The Kier molecular flexibility index (Phi) is 13.9. The lowest BCUT2D eigenvalue weighted by Crippen LogP contribution is -2.56. The summed E-state index contributed by atoms with van der Waals surface area (Å²) in [6.45, 7) is 6.22. The van der Waals surface area contributed by atoms with Crippen molar-refractivity contribution in [3.63, 3.8) is 0 Å². The maximum Gasteiger partial charge on any atom is 0.191 e. The molecule has 1 fully saturated rings. The van der Waals surface area contributed by atoms with Crippen molar-refractivity contribution in [2.45, 2.75) is 44.6 Å². The summed E-state index contributed by atoms with van der Waals surface area (Å²) in [5, 5.41) is 6.91. The first-order valence-corrected chi connectivity index (χ1v) is 9.22. The molecule has 2 N–H and O–H groups in total. The molecule has 0 radical (unpaired) electrons. The van der Waals surface area contributed by atoms with E-state index < -0.39 is 0 Å². The molecule has 6 nitrogen and oxygen atoms in total. The van der Waals surface area contributed by atoms with E-state index in [1.54, 1.807) is 7.11 Å². The van der Waals surface area contributed by atoms with Crippen LogP contribution in [0.2, 0.25) is 0 Å². The monoisotopic (exact) mass is 470 g/mol. The number of nitrogens with one attached hydrogen (secondary N) is 2. The third kappa shape index (κ3) is 9.40. The van der Waals surface area contributed by atoms with E-state index in [4.69, 9.17) is 9.47 Å². The molecular weight excluding hydrogens is 431 g/mol. The molecule has 0 spiro atoms. The number of hydrogen-bond donors (Lipinski definition) is 2. The normalized spacial score (nSPS) is 24.1. The lowest BCUT2D eigenvalue weighted by Gasteiger charge is -2.45. The summed E-state index contributed by atoms with van der Waals surface area (Å²) < 4.78 is 10.4. The van der Waals surface area contributed by atoms with Crippen molar-refractivity contribution < 1.29 is 9.47 Å². The molecule has 25 heavy (non-hydrogen) atoms. The Morgan fingerprint density at radius 3 is 2.60 bits per heavy atom. The number of nitrogens with zero attached hydrogens (tertiary/aromatic N) is 2. The maximum atomic E-state index is 5.47. The van der Waals surface area contributed by atoms with Gasteiger partial charge >= 0.3 is 0 Å². The number of guanidine groups is 1. The molecule has 0 aromatic heterocycles. The quantitative estimate of drug-likeness (QED) is 0.222. The van der Waals surface area contributed by atoms with Crippen LogP contribution in [-0.2, 0) is 9.47 Å². The average molecular weight is 470 g/mol. The maximum absolute atomic E-state index is 5.47. The van der Waals surface area contributed by atoms with Crippen LogP contribution in [-0.4, -0.2) is 77.6 Å². The van der Waals surface area contributed by atoms with Crippen molar-refractivity contribution in [1.82, 2.24) is 15.5 Å². The van der Waals surface area contributed by atoms with Crippen molar-refractivity contribution in [2.24, 2.45) is 10.9 Å². The van der Waals surface area contributed by atoms with Crippen LogP contribution in [0, 0.1) is 5.92 Å². The van der Waals surface area contributed by atoms with Gasteiger partial charge in [0.2, 0.25) is 0 Å². The lowest BCUT2D eigenvalue weighted by atomic mass is 9.75. The molecule has 150 valence electrons. The minimum absolute atomic E-state index is 0. The van der Waals surface area contributed by atoms with Gasteiger partial charge in [-0.05, 0) is 39.3 Å². The average Bonchev–Trinajstić information content (AvgIpc) is 2.56. The van der Waals surface area contributed by atoms with E-state index in [0.29, 0.717) is 13.2 Å². The summed E-state index contributed by atoms with van der Waals surface area (Å²) in [6, 6.07) is 0. The van der Waals surface area contributed by atoms with Crippen LogP contribution in [0.25, 0.3) is 0 Å². The third-order valence-electron chi connectivity index (χ3n) is 5.01. The van der Waals surface area contributed by atoms with Gasteiger partial charge in [0.15, 0.2) is 5.96 Å². The summed E-state index contributed by atoms with van der Waals surface area (Å²) in [7, 11) is 7.92. The van der Waals surface area contributed by atoms with E-state index in [-0.39, 0.29) is 29.5 Å². The molecule has 1 aliphatic carbocycles. The highest BCUT2D eigenvalue weighted by Crippen LogP contribution is 2.35. The predicted molar refractivity (Wildman–Crippen MR) is 116 cm³/mol. The van der Waals surface area contributed by atoms with E-state index in [0.717, 1.165) is 38.0 Å². The number of aliphatic imine (C=N–C) groups is 1. The second kappa shape index (κ2) is 14.0. The van der Waals surface area contributed by atoms with Crippen molar-refractivity contribution >= 4 is 29.9 Å². The molecule has 0 aliphatic heterocycles. The Hall–Kier alpha value is -0.120. The molecule has 1 rings (SSSR count). The van der Waals surface area contributed by atoms with Crippen LogP contribution >= 0.6 is 24.0 Å². The van der Waals surface area contributed by atoms with Gasteiger partial charge in [-0.2, -0.15) is 0 Å². The first kappa shape index (κ1) is 24.9. The Morgan fingerprint density at radius 1 is 1.24 bits per heavy atom. The smallest absolute Gasteiger partial charge is 0.191 e. The zero-order chi connectivity index (χ0) is 17.8. The molecule has 2 unspecified atom stereocenters. The predicted octanol–water partition coefficient (Wildman–Crippen LogP) is 2.33. The Balaban J connectivity index is 0.00000576. The fourth-order valence-electron chi connectivity index (χ4n) is 3.45. The summed E-state index contributed by atoms with van der Waals surface area (Å²) >= 11 is 0.